The number of amides is 2. The zero-order valence-electron chi connectivity index (χ0n) is 7.53. The van der Waals surface area contributed by atoms with Gasteiger partial charge in [-0.3, -0.25) is 0 Å². The maximum absolute atomic E-state index is 11.5. The first-order chi connectivity index (χ1) is 5.54. The zero-order chi connectivity index (χ0) is 9.30. The van der Waals surface area contributed by atoms with Crippen LogP contribution in [-0.4, -0.2) is 41.3 Å². The Balaban J connectivity index is 2.61. The Hall–Kier alpha value is -0.810. The van der Waals surface area contributed by atoms with E-state index in [-0.39, 0.29) is 18.4 Å². The Morgan fingerprint density at radius 1 is 1.17 bits per heavy atom. The van der Waals surface area contributed by atoms with Gasteiger partial charge in [0, 0.05) is 13.1 Å². The van der Waals surface area contributed by atoms with Crippen molar-refractivity contribution in [3.63, 3.8) is 0 Å². The Bertz CT molecular complexity index is 162. The molecule has 1 aliphatic rings. The molecule has 0 aromatic rings. The van der Waals surface area contributed by atoms with Crippen molar-refractivity contribution in [1.29, 1.82) is 0 Å². The van der Waals surface area contributed by atoms with Crippen LogP contribution in [0.15, 0.2) is 0 Å². The highest BCUT2D eigenvalue weighted by Gasteiger charge is 2.31. The van der Waals surface area contributed by atoms with E-state index in [1.165, 1.54) is 0 Å². The highest BCUT2D eigenvalue weighted by molar-refractivity contribution is 5.77. The predicted molar refractivity (Wildman–Crippen MR) is 46.1 cm³/mol. The first-order valence-electron chi connectivity index (χ1n) is 4.12. The number of carbonyl (C=O) groups excluding carboxylic acids is 1. The molecule has 0 spiro atoms. The second-order valence-corrected chi connectivity index (χ2v) is 3.15. The summed E-state index contributed by atoms with van der Waals surface area (Å²) < 4.78 is 0. The molecule has 2 atom stereocenters. The molecule has 5 heteroatoms. The van der Waals surface area contributed by atoms with Crippen LogP contribution in [0.4, 0.5) is 4.79 Å². The van der Waals surface area contributed by atoms with Crippen LogP contribution in [0.3, 0.4) is 0 Å². The van der Waals surface area contributed by atoms with Crippen LogP contribution in [-0.2, 0) is 0 Å². The highest BCUT2D eigenvalue weighted by atomic mass is 16.2. The minimum absolute atomic E-state index is 0.0556. The Morgan fingerprint density at radius 2 is 1.50 bits per heavy atom. The maximum atomic E-state index is 11.5. The number of rotatable bonds is 2. The van der Waals surface area contributed by atoms with Crippen LogP contribution in [0.5, 0.6) is 0 Å². The normalized spacial score (nSPS) is 23.2. The molecule has 0 radical (unpaired) electrons. The third-order valence-corrected chi connectivity index (χ3v) is 2.06. The highest BCUT2D eigenvalue weighted by Crippen LogP contribution is 2.10. The largest absolute Gasteiger partial charge is 0.322 e. The van der Waals surface area contributed by atoms with Gasteiger partial charge in [0.2, 0.25) is 0 Å². The van der Waals surface area contributed by atoms with Crippen LogP contribution in [0.2, 0.25) is 0 Å². The zero-order valence-corrected chi connectivity index (χ0v) is 7.53. The van der Waals surface area contributed by atoms with Crippen molar-refractivity contribution >= 4 is 6.03 Å². The molecule has 1 aliphatic heterocycles. The summed E-state index contributed by atoms with van der Waals surface area (Å²) in [5.41, 5.74) is 11.2. The number of hydrogen-bond donors (Lipinski definition) is 2. The summed E-state index contributed by atoms with van der Waals surface area (Å²) in [5.74, 6) is 0. The van der Waals surface area contributed by atoms with E-state index in [0.29, 0.717) is 13.1 Å². The van der Waals surface area contributed by atoms with E-state index >= 15 is 0 Å². The number of nitrogens with zero attached hydrogens (tertiary/aromatic N) is 2. The van der Waals surface area contributed by atoms with Gasteiger partial charge < -0.3 is 21.3 Å². The van der Waals surface area contributed by atoms with Crippen molar-refractivity contribution in [3.05, 3.63) is 0 Å². The van der Waals surface area contributed by atoms with Gasteiger partial charge in [0.15, 0.2) is 0 Å². The van der Waals surface area contributed by atoms with E-state index in [4.69, 9.17) is 11.5 Å². The third-order valence-electron chi connectivity index (χ3n) is 2.06. The molecule has 0 bridgehead atoms. The SMILES string of the molecule is CC(N)N1CCN(C(C)N)C1=O. The van der Waals surface area contributed by atoms with Crippen molar-refractivity contribution < 1.29 is 4.79 Å². The summed E-state index contributed by atoms with van der Waals surface area (Å²) in [4.78, 5) is 14.7. The summed E-state index contributed by atoms with van der Waals surface area (Å²) in [6, 6.07) is -0.0556. The van der Waals surface area contributed by atoms with Crippen LogP contribution < -0.4 is 11.5 Å². The van der Waals surface area contributed by atoms with Crippen LogP contribution in [0, 0.1) is 0 Å². The van der Waals surface area contributed by atoms with Crippen LogP contribution >= 0.6 is 0 Å². The summed E-state index contributed by atoms with van der Waals surface area (Å²) in [7, 11) is 0. The average molecular weight is 172 g/mol. The fourth-order valence-electron chi connectivity index (χ4n) is 1.33. The van der Waals surface area contributed by atoms with E-state index < -0.39 is 0 Å². The quantitative estimate of drug-likeness (QED) is 0.580. The number of hydrogen-bond acceptors (Lipinski definition) is 3. The summed E-state index contributed by atoms with van der Waals surface area (Å²) in [6.45, 7) is 4.95. The molecule has 0 saturated carbocycles. The van der Waals surface area contributed by atoms with Gasteiger partial charge in [0.05, 0.1) is 12.3 Å². The second kappa shape index (κ2) is 3.28. The summed E-state index contributed by atoms with van der Waals surface area (Å²) in [6.07, 6.45) is -0.442. The number of carbonyl (C=O) groups is 1. The monoisotopic (exact) mass is 172 g/mol. The molecule has 0 aromatic carbocycles. The minimum Gasteiger partial charge on any atom is -0.311 e. The molecular weight excluding hydrogens is 156 g/mol. The van der Waals surface area contributed by atoms with E-state index in [1.807, 2.05) is 0 Å². The lowest BCUT2D eigenvalue weighted by Crippen LogP contribution is -2.46. The molecule has 70 valence electrons. The predicted octanol–water partition coefficient (Wildman–Crippen LogP) is -0.667. The Kier molecular flexibility index (Phi) is 2.54. The Morgan fingerprint density at radius 3 is 1.67 bits per heavy atom. The van der Waals surface area contributed by atoms with Crippen molar-refractivity contribution in [2.45, 2.75) is 26.2 Å². The van der Waals surface area contributed by atoms with Crippen LogP contribution in [0.1, 0.15) is 13.8 Å². The van der Waals surface area contributed by atoms with Gasteiger partial charge in [-0.15, -0.1) is 0 Å². The van der Waals surface area contributed by atoms with Gasteiger partial charge in [-0.2, -0.15) is 0 Å². The van der Waals surface area contributed by atoms with E-state index in [1.54, 1.807) is 23.6 Å². The van der Waals surface area contributed by atoms with E-state index in [0.717, 1.165) is 0 Å². The van der Waals surface area contributed by atoms with Crippen molar-refractivity contribution in [1.82, 2.24) is 9.80 Å². The number of nitrogens with two attached hydrogens (primary N) is 2. The fraction of sp³-hybridized carbons (Fsp3) is 0.857. The lowest BCUT2D eigenvalue weighted by molar-refractivity contribution is 0.172. The maximum Gasteiger partial charge on any atom is 0.322 e. The second-order valence-electron chi connectivity index (χ2n) is 3.15. The molecule has 1 heterocycles. The molecule has 0 aromatic heterocycles. The van der Waals surface area contributed by atoms with Gasteiger partial charge in [0.1, 0.15) is 0 Å². The standard InChI is InChI=1S/C7H16N4O/c1-5(8)10-3-4-11(6(2)9)7(10)12/h5-6H,3-4,8-9H2,1-2H3. The summed E-state index contributed by atoms with van der Waals surface area (Å²) in [5, 5.41) is 0. The summed E-state index contributed by atoms with van der Waals surface area (Å²) >= 11 is 0. The lowest BCUT2D eigenvalue weighted by Gasteiger charge is -2.23. The molecule has 4 N–H and O–H groups in total. The smallest absolute Gasteiger partial charge is 0.311 e. The average Bonchev–Trinajstić information content (AvgIpc) is 2.30. The topological polar surface area (TPSA) is 75.6 Å². The van der Waals surface area contributed by atoms with Gasteiger partial charge in [-0.1, -0.05) is 0 Å². The first-order valence-corrected chi connectivity index (χ1v) is 4.12. The van der Waals surface area contributed by atoms with Gasteiger partial charge in [-0.05, 0) is 13.8 Å². The van der Waals surface area contributed by atoms with Crippen molar-refractivity contribution in [2.75, 3.05) is 13.1 Å². The number of urea groups is 1. The minimum atomic E-state index is -0.221. The molecule has 5 nitrogen and oxygen atoms in total. The molecule has 2 unspecified atom stereocenters. The van der Waals surface area contributed by atoms with Crippen molar-refractivity contribution in [3.8, 4) is 0 Å². The van der Waals surface area contributed by atoms with Crippen molar-refractivity contribution in [2.24, 2.45) is 11.5 Å². The molecule has 1 rings (SSSR count). The molecule has 1 fully saturated rings. The van der Waals surface area contributed by atoms with E-state index in [9.17, 15) is 4.79 Å². The van der Waals surface area contributed by atoms with Gasteiger partial charge in [0.25, 0.3) is 0 Å². The molecule has 0 aliphatic carbocycles. The molecule has 1 saturated heterocycles. The molecule has 12 heavy (non-hydrogen) atoms. The Labute approximate surface area is 72.3 Å². The lowest BCUT2D eigenvalue weighted by atomic mass is 10.5. The van der Waals surface area contributed by atoms with Gasteiger partial charge >= 0.3 is 6.03 Å². The molecule has 2 amide bonds. The van der Waals surface area contributed by atoms with Gasteiger partial charge in [-0.25, -0.2) is 4.79 Å². The first kappa shape index (κ1) is 9.28. The fourth-order valence-corrected chi connectivity index (χ4v) is 1.33. The van der Waals surface area contributed by atoms with E-state index in [2.05, 4.69) is 0 Å². The van der Waals surface area contributed by atoms with Crippen LogP contribution in [0.25, 0.3) is 0 Å². The molecular formula is C7H16N4O. The third kappa shape index (κ3) is 1.51.